The molecule has 1 heterocycles. The van der Waals surface area contributed by atoms with Gasteiger partial charge in [-0.05, 0) is 55.9 Å². The minimum atomic E-state index is -0.624. The summed E-state index contributed by atoms with van der Waals surface area (Å²) in [5.74, 6) is 0.230. The molecule has 1 saturated heterocycles. The second-order valence-electron chi connectivity index (χ2n) is 10.2. The smallest absolute Gasteiger partial charge is 0.308 e. The average Bonchev–Trinajstić information content (AvgIpc) is 2.70. The van der Waals surface area contributed by atoms with Crippen molar-refractivity contribution in [2.24, 2.45) is 29.6 Å². The summed E-state index contributed by atoms with van der Waals surface area (Å²) in [6.07, 6.45) is 9.38. The predicted molar refractivity (Wildman–Crippen MR) is 120 cm³/mol. The van der Waals surface area contributed by atoms with Crippen LogP contribution in [-0.2, 0) is 23.9 Å². The Hall–Kier alpha value is -1.95. The molecule has 8 atom stereocenters. The molecule has 0 amide bonds. The first-order valence-corrected chi connectivity index (χ1v) is 12.1. The van der Waals surface area contributed by atoms with E-state index in [1.54, 1.807) is 6.92 Å². The van der Waals surface area contributed by atoms with Gasteiger partial charge in [-0.15, -0.1) is 0 Å². The Balaban J connectivity index is 1.70. The summed E-state index contributed by atoms with van der Waals surface area (Å²) in [6.45, 7) is 7.71. The highest BCUT2D eigenvalue weighted by molar-refractivity contribution is 5.77. The molecule has 178 valence electrons. The Morgan fingerprint density at radius 3 is 2.69 bits per heavy atom. The lowest BCUT2D eigenvalue weighted by atomic mass is 9.65. The van der Waals surface area contributed by atoms with Crippen LogP contribution in [0.2, 0.25) is 0 Å². The third-order valence-electron chi connectivity index (χ3n) is 7.25. The number of aliphatic hydroxyl groups excluding tert-OH is 1. The Morgan fingerprint density at radius 1 is 1.25 bits per heavy atom. The van der Waals surface area contributed by atoms with Gasteiger partial charge in [0.05, 0.1) is 18.4 Å². The van der Waals surface area contributed by atoms with Crippen molar-refractivity contribution < 1.29 is 29.0 Å². The number of aliphatic hydroxyl groups is 1. The summed E-state index contributed by atoms with van der Waals surface area (Å²) in [5, 5.41) is 9.93. The fourth-order valence-electron chi connectivity index (χ4n) is 5.44. The van der Waals surface area contributed by atoms with Gasteiger partial charge in [0.15, 0.2) is 0 Å². The zero-order valence-electron chi connectivity index (χ0n) is 19.8. The lowest BCUT2D eigenvalue weighted by Gasteiger charge is -2.43. The Kier molecular flexibility index (Phi) is 8.32. The van der Waals surface area contributed by atoms with E-state index < -0.39 is 6.10 Å². The van der Waals surface area contributed by atoms with Gasteiger partial charge in [0.2, 0.25) is 0 Å². The first-order valence-electron chi connectivity index (χ1n) is 12.1. The molecule has 1 aliphatic heterocycles. The highest BCUT2D eigenvalue weighted by Crippen LogP contribution is 2.45. The van der Waals surface area contributed by atoms with Gasteiger partial charge in [0.1, 0.15) is 18.0 Å². The van der Waals surface area contributed by atoms with E-state index in [-0.39, 0.29) is 54.1 Å². The van der Waals surface area contributed by atoms with Crippen LogP contribution in [0.4, 0.5) is 0 Å². The molecule has 0 spiro atoms. The molecule has 0 bridgehead atoms. The topological polar surface area (TPSA) is 89.9 Å². The van der Waals surface area contributed by atoms with Gasteiger partial charge in [-0.3, -0.25) is 9.59 Å². The number of hydrogen-bond acceptors (Lipinski definition) is 6. The lowest BCUT2D eigenvalue weighted by molar-refractivity contribution is -0.162. The molecule has 6 nitrogen and oxygen atoms in total. The molecular weight excluding hydrogens is 408 g/mol. The van der Waals surface area contributed by atoms with Crippen molar-refractivity contribution in [3.63, 3.8) is 0 Å². The van der Waals surface area contributed by atoms with Crippen molar-refractivity contribution in [3.05, 3.63) is 23.8 Å². The standard InChI is InChI=1S/C26H38O6/c1-15-11-19-8-6-16(2)22(10-9-21-13-20(28)14-24(29)31-21)25(19)23(12-15)32-26(30)17(3)5-7-18(4)27/h6,8,11,15-17,20-23,25,28H,5,7,9-10,12-14H2,1-4H3/t15-,16-,17-,20+,21-,22-,23-,25-/m0/s1. The number of carbonyl (C=O) groups excluding carboxylic acids is 3. The average molecular weight is 447 g/mol. The minimum Gasteiger partial charge on any atom is -0.462 e. The molecule has 0 aromatic rings. The van der Waals surface area contributed by atoms with E-state index >= 15 is 0 Å². The Labute approximate surface area is 191 Å². The molecule has 6 heteroatoms. The van der Waals surface area contributed by atoms with E-state index in [0.29, 0.717) is 37.5 Å². The lowest BCUT2D eigenvalue weighted by Crippen LogP contribution is -2.42. The number of rotatable bonds is 8. The summed E-state index contributed by atoms with van der Waals surface area (Å²) in [7, 11) is 0. The van der Waals surface area contributed by atoms with E-state index in [9.17, 15) is 19.5 Å². The van der Waals surface area contributed by atoms with Gasteiger partial charge in [0.25, 0.3) is 0 Å². The van der Waals surface area contributed by atoms with Crippen molar-refractivity contribution in [1.82, 2.24) is 0 Å². The van der Waals surface area contributed by atoms with Gasteiger partial charge in [-0.2, -0.15) is 0 Å². The molecule has 0 aromatic carbocycles. The van der Waals surface area contributed by atoms with Crippen LogP contribution in [0.5, 0.6) is 0 Å². The van der Waals surface area contributed by atoms with Crippen molar-refractivity contribution in [3.8, 4) is 0 Å². The van der Waals surface area contributed by atoms with Crippen molar-refractivity contribution in [2.75, 3.05) is 0 Å². The molecule has 0 radical (unpaired) electrons. The summed E-state index contributed by atoms with van der Waals surface area (Å²) >= 11 is 0. The van der Waals surface area contributed by atoms with Gasteiger partial charge in [-0.25, -0.2) is 0 Å². The number of carbonyl (C=O) groups is 3. The fraction of sp³-hybridized carbons (Fsp3) is 0.731. The van der Waals surface area contributed by atoms with Gasteiger partial charge >= 0.3 is 11.9 Å². The number of fused-ring (bicyclic) bond motifs is 1. The summed E-state index contributed by atoms with van der Waals surface area (Å²) < 4.78 is 11.5. The molecule has 1 fully saturated rings. The first-order chi connectivity index (χ1) is 15.1. The summed E-state index contributed by atoms with van der Waals surface area (Å²) in [5.41, 5.74) is 1.22. The SMILES string of the molecule is CC(=O)CC[C@H](C)C(=O)O[C@H]1C[C@@H](C)C=C2C=C[C@H](C)[C@H](CC[C@H]3C[C@@H](O)CC(=O)O3)[C@H]21. The molecule has 0 unspecified atom stereocenters. The van der Waals surface area contributed by atoms with E-state index in [1.165, 1.54) is 5.57 Å². The quantitative estimate of drug-likeness (QED) is 0.563. The Bertz CT molecular complexity index is 768. The van der Waals surface area contributed by atoms with E-state index in [4.69, 9.17) is 9.47 Å². The van der Waals surface area contributed by atoms with Crippen molar-refractivity contribution in [1.29, 1.82) is 0 Å². The number of hydrogen-bond donors (Lipinski definition) is 1. The number of ketones is 1. The first kappa shape index (κ1) is 24.7. The van der Waals surface area contributed by atoms with E-state index in [1.807, 2.05) is 6.92 Å². The van der Waals surface area contributed by atoms with Gasteiger partial charge in [-0.1, -0.05) is 39.0 Å². The largest absolute Gasteiger partial charge is 0.462 e. The molecule has 0 aromatic heterocycles. The zero-order chi connectivity index (χ0) is 23.4. The van der Waals surface area contributed by atoms with E-state index in [0.717, 1.165) is 12.8 Å². The third kappa shape index (κ3) is 6.31. The highest BCUT2D eigenvalue weighted by atomic mass is 16.5. The van der Waals surface area contributed by atoms with Crippen LogP contribution in [0.25, 0.3) is 0 Å². The van der Waals surface area contributed by atoms with Crippen LogP contribution in [0, 0.1) is 29.6 Å². The maximum atomic E-state index is 12.8. The second-order valence-corrected chi connectivity index (χ2v) is 10.2. The molecule has 3 rings (SSSR count). The summed E-state index contributed by atoms with van der Waals surface area (Å²) in [6, 6.07) is 0. The normalized spacial score (nSPS) is 35.3. The number of ether oxygens (including phenoxy) is 2. The number of allylic oxidation sites excluding steroid dienone is 3. The summed E-state index contributed by atoms with van der Waals surface area (Å²) in [4.78, 5) is 35.8. The molecule has 0 saturated carbocycles. The van der Waals surface area contributed by atoms with Crippen LogP contribution in [0.1, 0.15) is 72.6 Å². The molecule has 3 aliphatic rings. The van der Waals surface area contributed by atoms with Crippen LogP contribution >= 0.6 is 0 Å². The van der Waals surface area contributed by atoms with E-state index in [2.05, 4.69) is 32.1 Å². The van der Waals surface area contributed by atoms with Crippen molar-refractivity contribution >= 4 is 17.7 Å². The van der Waals surface area contributed by atoms with Crippen molar-refractivity contribution in [2.45, 2.75) is 91.0 Å². The van der Waals surface area contributed by atoms with Crippen LogP contribution in [0.15, 0.2) is 23.8 Å². The molecule has 2 aliphatic carbocycles. The Morgan fingerprint density at radius 2 is 2.00 bits per heavy atom. The zero-order valence-corrected chi connectivity index (χ0v) is 19.8. The molecule has 1 N–H and O–H groups in total. The fourth-order valence-corrected chi connectivity index (χ4v) is 5.44. The third-order valence-corrected chi connectivity index (χ3v) is 7.25. The highest BCUT2D eigenvalue weighted by Gasteiger charge is 2.42. The minimum absolute atomic E-state index is 0.0757. The predicted octanol–water partition coefficient (Wildman–Crippen LogP) is 4.15. The van der Waals surface area contributed by atoms with Gasteiger partial charge < -0.3 is 19.4 Å². The maximum Gasteiger partial charge on any atom is 0.308 e. The maximum absolute atomic E-state index is 12.8. The van der Waals surface area contributed by atoms with Crippen LogP contribution in [0.3, 0.4) is 0 Å². The number of cyclic esters (lactones) is 1. The number of Topliss-reactive ketones (excluding diaryl/α,β-unsaturated/α-hetero) is 1. The number of esters is 2. The van der Waals surface area contributed by atoms with Crippen LogP contribution < -0.4 is 0 Å². The second kappa shape index (κ2) is 10.8. The molecular formula is C26H38O6. The van der Waals surface area contributed by atoms with Gasteiger partial charge in [0, 0.05) is 18.8 Å². The monoisotopic (exact) mass is 446 g/mol. The van der Waals surface area contributed by atoms with Crippen LogP contribution in [-0.4, -0.2) is 41.1 Å². The molecule has 32 heavy (non-hydrogen) atoms.